The third-order valence-corrected chi connectivity index (χ3v) is 0.840. The third-order valence-electron chi connectivity index (χ3n) is 0.840. The molecule has 0 spiro atoms. The number of hydrogen-bond donors (Lipinski definition) is 0. The summed E-state index contributed by atoms with van der Waals surface area (Å²) < 4.78 is 0. The first kappa shape index (κ1) is 29.4. The average molecular weight is 260 g/mol. The van der Waals surface area contributed by atoms with Gasteiger partial charge in [-0.1, -0.05) is 6.92 Å². The standard InChI is InChI=1S/C6H10O2.4ClH/c1-3-6(8)4-5(2)7;;;;/h3-4H2,1-2H3;4*1H. The van der Waals surface area contributed by atoms with Crippen LogP contribution in [0.3, 0.4) is 0 Å². The predicted molar refractivity (Wildman–Crippen MR) is 59.6 cm³/mol. The number of carbonyl (C=O) groups is 2. The normalized spacial score (nSPS) is 5.83. The van der Waals surface area contributed by atoms with Crippen LogP contribution in [0, 0.1) is 0 Å². The van der Waals surface area contributed by atoms with E-state index in [-0.39, 0.29) is 67.6 Å². The van der Waals surface area contributed by atoms with Gasteiger partial charge in [-0.15, -0.1) is 49.6 Å². The van der Waals surface area contributed by atoms with Gasteiger partial charge in [-0.05, 0) is 6.92 Å². The van der Waals surface area contributed by atoms with Crippen LogP contribution in [0.25, 0.3) is 0 Å². The van der Waals surface area contributed by atoms with Crippen molar-refractivity contribution in [2.45, 2.75) is 26.7 Å². The topological polar surface area (TPSA) is 34.1 Å². The van der Waals surface area contributed by atoms with Gasteiger partial charge in [0.25, 0.3) is 0 Å². The van der Waals surface area contributed by atoms with Crippen molar-refractivity contribution in [3.63, 3.8) is 0 Å². The summed E-state index contributed by atoms with van der Waals surface area (Å²) in [5, 5.41) is 0. The summed E-state index contributed by atoms with van der Waals surface area (Å²) in [5.74, 6) is -0.0191. The van der Waals surface area contributed by atoms with E-state index in [1.807, 2.05) is 0 Å². The van der Waals surface area contributed by atoms with Crippen LogP contribution in [-0.4, -0.2) is 11.6 Å². The van der Waals surface area contributed by atoms with E-state index in [0.29, 0.717) is 6.42 Å². The Kier molecular flexibility index (Phi) is 43.0. The highest BCUT2D eigenvalue weighted by Crippen LogP contribution is 1.87. The van der Waals surface area contributed by atoms with Gasteiger partial charge in [0, 0.05) is 6.42 Å². The highest BCUT2D eigenvalue weighted by atomic mass is 35.5. The van der Waals surface area contributed by atoms with E-state index in [0.717, 1.165) is 0 Å². The molecule has 0 saturated carbocycles. The molecule has 0 radical (unpaired) electrons. The van der Waals surface area contributed by atoms with E-state index in [1.54, 1.807) is 6.92 Å². The summed E-state index contributed by atoms with van der Waals surface area (Å²) in [7, 11) is 0. The molecule has 0 saturated heterocycles. The molecule has 0 aromatic heterocycles. The second kappa shape index (κ2) is 17.5. The minimum Gasteiger partial charge on any atom is -0.300 e. The zero-order valence-corrected chi connectivity index (χ0v) is 10.1. The van der Waals surface area contributed by atoms with Gasteiger partial charge in [0.1, 0.15) is 11.6 Å². The first-order valence-corrected chi connectivity index (χ1v) is 2.68. The minimum atomic E-state index is -0.0446. The molecule has 0 aliphatic rings. The Bertz CT molecular complexity index is 116. The molecule has 78 valence electrons. The number of carbonyl (C=O) groups excluding carboxylic acids is 2. The molecule has 0 aliphatic carbocycles. The summed E-state index contributed by atoms with van der Waals surface area (Å²) in [6.45, 7) is 3.18. The average Bonchev–Trinajstić information content (AvgIpc) is 1.65. The number of rotatable bonds is 3. The van der Waals surface area contributed by atoms with Crippen LogP contribution in [-0.2, 0) is 9.59 Å². The fraction of sp³-hybridized carbons (Fsp3) is 0.667. The molecule has 0 amide bonds. The van der Waals surface area contributed by atoms with Gasteiger partial charge in [0.15, 0.2) is 0 Å². The van der Waals surface area contributed by atoms with Crippen molar-refractivity contribution in [2.24, 2.45) is 0 Å². The largest absolute Gasteiger partial charge is 0.300 e. The fourth-order valence-electron chi connectivity index (χ4n) is 0.403. The monoisotopic (exact) mass is 258 g/mol. The number of halogens is 4. The maximum absolute atomic E-state index is 10.4. The molecule has 0 aromatic carbocycles. The van der Waals surface area contributed by atoms with Crippen LogP contribution in [0.4, 0.5) is 0 Å². The first-order chi connectivity index (χ1) is 3.66. The van der Waals surface area contributed by atoms with Crippen LogP contribution in [0.5, 0.6) is 0 Å². The molecule has 12 heavy (non-hydrogen) atoms. The lowest BCUT2D eigenvalue weighted by Crippen LogP contribution is -2.01. The van der Waals surface area contributed by atoms with Gasteiger partial charge in [0.05, 0.1) is 6.42 Å². The van der Waals surface area contributed by atoms with E-state index in [2.05, 4.69) is 0 Å². The summed E-state index contributed by atoms with van der Waals surface area (Å²) in [4.78, 5) is 20.6. The molecule has 6 heteroatoms. The van der Waals surface area contributed by atoms with Gasteiger partial charge in [-0.2, -0.15) is 0 Å². The van der Waals surface area contributed by atoms with Gasteiger partial charge in [-0.25, -0.2) is 0 Å². The molecule has 0 fully saturated rings. The summed E-state index contributed by atoms with van der Waals surface area (Å²) in [6.07, 6.45) is 0.579. The SMILES string of the molecule is CCC(=O)CC(C)=O.Cl.Cl.Cl.Cl. The molecule has 0 bridgehead atoms. The lowest BCUT2D eigenvalue weighted by Gasteiger charge is -1.87. The molecular weight excluding hydrogens is 246 g/mol. The van der Waals surface area contributed by atoms with Crippen molar-refractivity contribution in [1.29, 1.82) is 0 Å². The van der Waals surface area contributed by atoms with Crippen molar-refractivity contribution in [2.75, 3.05) is 0 Å². The Hall–Kier alpha value is 0.500. The van der Waals surface area contributed by atoms with Gasteiger partial charge in [0.2, 0.25) is 0 Å². The van der Waals surface area contributed by atoms with E-state index in [4.69, 9.17) is 0 Å². The van der Waals surface area contributed by atoms with Crippen LogP contribution in [0.1, 0.15) is 26.7 Å². The molecule has 0 rings (SSSR count). The van der Waals surface area contributed by atoms with E-state index >= 15 is 0 Å². The minimum absolute atomic E-state index is 0. The van der Waals surface area contributed by atoms with Crippen LogP contribution < -0.4 is 0 Å². The second-order valence-electron chi connectivity index (χ2n) is 1.77. The molecule has 0 atom stereocenters. The molecular formula is C6H14Cl4O2. The summed E-state index contributed by atoms with van der Waals surface area (Å²) >= 11 is 0. The lowest BCUT2D eigenvalue weighted by molar-refractivity contribution is -0.125. The molecule has 0 unspecified atom stereocenters. The predicted octanol–water partition coefficient (Wildman–Crippen LogP) is 2.63. The molecule has 0 aliphatic heterocycles. The molecule has 0 heterocycles. The van der Waals surface area contributed by atoms with Crippen molar-refractivity contribution >= 4 is 61.2 Å². The Morgan fingerprint density at radius 2 is 1.33 bits per heavy atom. The molecule has 0 aromatic rings. The lowest BCUT2D eigenvalue weighted by atomic mass is 10.2. The zero-order valence-electron chi connectivity index (χ0n) is 6.86. The Morgan fingerprint density at radius 3 is 1.42 bits per heavy atom. The number of hydrogen-bond acceptors (Lipinski definition) is 2. The summed E-state index contributed by atoms with van der Waals surface area (Å²) in [5.41, 5.74) is 0. The smallest absolute Gasteiger partial charge is 0.139 e. The van der Waals surface area contributed by atoms with Crippen molar-refractivity contribution in [1.82, 2.24) is 0 Å². The number of ketones is 2. The van der Waals surface area contributed by atoms with Crippen LogP contribution >= 0.6 is 49.6 Å². The highest BCUT2D eigenvalue weighted by molar-refractivity contribution is 5.97. The fourth-order valence-corrected chi connectivity index (χ4v) is 0.403. The van der Waals surface area contributed by atoms with Crippen molar-refractivity contribution in [3.05, 3.63) is 0 Å². The maximum atomic E-state index is 10.4. The van der Waals surface area contributed by atoms with Crippen molar-refractivity contribution < 1.29 is 9.59 Å². The Morgan fingerprint density at radius 1 is 1.00 bits per heavy atom. The number of Topliss-reactive ketones (excluding diaryl/α,β-unsaturated/α-hetero) is 2. The molecule has 2 nitrogen and oxygen atoms in total. The molecule has 0 N–H and O–H groups in total. The van der Waals surface area contributed by atoms with Crippen molar-refractivity contribution in [3.8, 4) is 0 Å². The van der Waals surface area contributed by atoms with Gasteiger partial charge >= 0.3 is 0 Å². The Balaban J connectivity index is -0.0000000408. The van der Waals surface area contributed by atoms with Gasteiger partial charge < -0.3 is 0 Å². The van der Waals surface area contributed by atoms with Crippen LogP contribution in [0.15, 0.2) is 0 Å². The quantitative estimate of drug-likeness (QED) is 0.731. The van der Waals surface area contributed by atoms with E-state index in [1.165, 1.54) is 6.92 Å². The van der Waals surface area contributed by atoms with E-state index in [9.17, 15) is 9.59 Å². The zero-order chi connectivity index (χ0) is 6.57. The van der Waals surface area contributed by atoms with Gasteiger partial charge in [-0.3, -0.25) is 9.59 Å². The second-order valence-corrected chi connectivity index (χ2v) is 1.77. The third kappa shape index (κ3) is 22.4. The highest BCUT2D eigenvalue weighted by Gasteiger charge is 1.99. The first-order valence-electron chi connectivity index (χ1n) is 2.68. The van der Waals surface area contributed by atoms with Crippen LogP contribution in [0.2, 0.25) is 0 Å². The van der Waals surface area contributed by atoms with E-state index < -0.39 is 0 Å². The summed E-state index contributed by atoms with van der Waals surface area (Å²) in [6, 6.07) is 0. The maximum Gasteiger partial charge on any atom is 0.139 e. The Labute approximate surface area is 97.5 Å².